The van der Waals surface area contributed by atoms with Crippen LogP contribution in [0.3, 0.4) is 0 Å². The van der Waals surface area contributed by atoms with Crippen LogP contribution in [0.4, 0.5) is 10.2 Å². The zero-order valence-electron chi connectivity index (χ0n) is 8.76. The lowest BCUT2D eigenvalue weighted by Gasteiger charge is -2.06. The number of hydrogen-bond donors (Lipinski definition) is 1. The van der Waals surface area contributed by atoms with Gasteiger partial charge in [-0.2, -0.15) is 0 Å². The van der Waals surface area contributed by atoms with E-state index in [1.165, 1.54) is 6.33 Å². The van der Waals surface area contributed by atoms with E-state index >= 15 is 0 Å². The second-order valence-corrected chi connectivity index (χ2v) is 3.68. The van der Waals surface area contributed by atoms with Crippen molar-refractivity contribution >= 4 is 17.4 Å². The highest BCUT2D eigenvalue weighted by atomic mass is 35.5. The summed E-state index contributed by atoms with van der Waals surface area (Å²) in [6.07, 6.45) is 4.37. The topological polar surface area (TPSA) is 37.8 Å². The van der Waals surface area contributed by atoms with Crippen LogP contribution in [0, 0.1) is 12.7 Å². The fourth-order valence-electron chi connectivity index (χ4n) is 1.18. The van der Waals surface area contributed by atoms with Crippen molar-refractivity contribution in [3.63, 3.8) is 0 Å². The van der Waals surface area contributed by atoms with Gasteiger partial charge in [0.05, 0.1) is 5.69 Å². The van der Waals surface area contributed by atoms with Crippen LogP contribution in [0.1, 0.15) is 25.0 Å². The number of nitrogens with zero attached hydrogens (tertiary/aromatic N) is 2. The Labute approximate surface area is 94.1 Å². The number of rotatable bonds is 6. The van der Waals surface area contributed by atoms with Crippen molar-refractivity contribution in [1.82, 2.24) is 9.97 Å². The highest BCUT2D eigenvalue weighted by Gasteiger charge is 2.05. The third-order valence-corrected chi connectivity index (χ3v) is 2.33. The van der Waals surface area contributed by atoms with Gasteiger partial charge in [-0.1, -0.05) is 6.42 Å². The molecule has 1 rings (SSSR count). The van der Waals surface area contributed by atoms with Crippen LogP contribution in [0.25, 0.3) is 0 Å². The molecule has 0 atom stereocenters. The van der Waals surface area contributed by atoms with Gasteiger partial charge in [0.15, 0.2) is 11.6 Å². The fraction of sp³-hybridized carbons (Fsp3) is 0.600. The van der Waals surface area contributed by atoms with Crippen molar-refractivity contribution in [2.24, 2.45) is 0 Å². The Hall–Kier alpha value is -0.900. The highest BCUT2D eigenvalue weighted by molar-refractivity contribution is 6.17. The van der Waals surface area contributed by atoms with Gasteiger partial charge in [0, 0.05) is 12.4 Å². The number of alkyl halides is 1. The summed E-state index contributed by atoms with van der Waals surface area (Å²) < 4.78 is 13.4. The first kappa shape index (κ1) is 12.2. The second-order valence-electron chi connectivity index (χ2n) is 3.30. The molecule has 84 valence electrons. The molecule has 5 heteroatoms. The van der Waals surface area contributed by atoms with Crippen LogP contribution >= 0.6 is 11.6 Å². The van der Waals surface area contributed by atoms with Gasteiger partial charge in [-0.15, -0.1) is 11.6 Å². The number of halogens is 2. The number of anilines is 1. The molecule has 15 heavy (non-hydrogen) atoms. The predicted octanol–water partition coefficient (Wildman–Crippen LogP) is 2.75. The quantitative estimate of drug-likeness (QED) is 0.604. The van der Waals surface area contributed by atoms with Gasteiger partial charge in [0.1, 0.15) is 6.33 Å². The zero-order chi connectivity index (χ0) is 11.1. The molecule has 0 aliphatic rings. The van der Waals surface area contributed by atoms with Crippen molar-refractivity contribution in [2.45, 2.75) is 26.2 Å². The summed E-state index contributed by atoms with van der Waals surface area (Å²) >= 11 is 5.54. The van der Waals surface area contributed by atoms with Crippen LogP contribution in [-0.4, -0.2) is 22.4 Å². The van der Waals surface area contributed by atoms with Crippen molar-refractivity contribution in [3.05, 3.63) is 17.8 Å². The first-order chi connectivity index (χ1) is 7.25. The highest BCUT2D eigenvalue weighted by Crippen LogP contribution is 2.11. The van der Waals surface area contributed by atoms with Crippen LogP contribution in [0.2, 0.25) is 0 Å². The van der Waals surface area contributed by atoms with Crippen molar-refractivity contribution < 1.29 is 4.39 Å². The molecule has 1 aromatic heterocycles. The van der Waals surface area contributed by atoms with E-state index in [0.717, 1.165) is 19.3 Å². The molecule has 0 aliphatic carbocycles. The van der Waals surface area contributed by atoms with Crippen LogP contribution in [-0.2, 0) is 0 Å². The number of nitrogens with one attached hydrogen (secondary N) is 1. The lowest BCUT2D eigenvalue weighted by Crippen LogP contribution is -2.07. The maximum atomic E-state index is 13.4. The van der Waals surface area contributed by atoms with E-state index in [0.29, 0.717) is 18.1 Å². The molecule has 0 unspecified atom stereocenters. The molecule has 1 N–H and O–H groups in total. The number of aryl methyl sites for hydroxylation is 1. The lowest BCUT2D eigenvalue weighted by atomic mass is 10.2. The monoisotopic (exact) mass is 231 g/mol. The molecule has 0 spiro atoms. The van der Waals surface area contributed by atoms with E-state index in [4.69, 9.17) is 11.6 Å². The van der Waals surface area contributed by atoms with E-state index in [-0.39, 0.29) is 11.6 Å². The largest absolute Gasteiger partial charge is 0.368 e. The van der Waals surface area contributed by atoms with Gasteiger partial charge in [-0.25, -0.2) is 14.4 Å². The number of aromatic nitrogens is 2. The SMILES string of the molecule is Cc1ncnc(NCCCCCCl)c1F. The van der Waals surface area contributed by atoms with E-state index < -0.39 is 0 Å². The Morgan fingerprint density at radius 1 is 1.33 bits per heavy atom. The summed E-state index contributed by atoms with van der Waals surface area (Å²) in [4.78, 5) is 7.59. The maximum Gasteiger partial charge on any atom is 0.186 e. The van der Waals surface area contributed by atoms with Gasteiger partial charge in [-0.05, 0) is 19.8 Å². The first-order valence-corrected chi connectivity index (χ1v) is 5.56. The van der Waals surface area contributed by atoms with Gasteiger partial charge in [0.2, 0.25) is 0 Å². The molecule has 1 heterocycles. The summed E-state index contributed by atoms with van der Waals surface area (Å²) in [6, 6.07) is 0. The Morgan fingerprint density at radius 2 is 2.13 bits per heavy atom. The van der Waals surface area contributed by atoms with Gasteiger partial charge in [0.25, 0.3) is 0 Å². The average molecular weight is 232 g/mol. The Bertz CT molecular complexity index is 307. The van der Waals surface area contributed by atoms with Crippen molar-refractivity contribution in [2.75, 3.05) is 17.7 Å². The van der Waals surface area contributed by atoms with Crippen LogP contribution in [0.5, 0.6) is 0 Å². The van der Waals surface area contributed by atoms with Crippen molar-refractivity contribution in [1.29, 1.82) is 0 Å². The molecule has 1 aromatic rings. The molecule has 0 bridgehead atoms. The van der Waals surface area contributed by atoms with Gasteiger partial charge >= 0.3 is 0 Å². The molecule has 0 saturated carbocycles. The standard InChI is InChI=1S/C10H15ClFN3/c1-8-9(12)10(15-7-14-8)13-6-4-2-3-5-11/h7H,2-6H2,1H3,(H,13,14,15). The smallest absolute Gasteiger partial charge is 0.186 e. The average Bonchev–Trinajstić information content (AvgIpc) is 2.24. The minimum absolute atomic E-state index is 0.286. The van der Waals surface area contributed by atoms with Gasteiger partial charge in [-0.3, -0.25) is 0 Å². The van der Waals surface area contributed by atoms with Crippen LogP contribution < -0.4 is 5.32 Å². The second kappa shape index (κ2) is 6.56. The van der Waals surface area contributed by atoms with Crippen molar-refractivity contribution in [3.8, 4) is 0 Å². The molecule has 0 saturated heterocycles. The number of hydrogen-bond acceptors (Lipinski definition) is 3. The molecule has 0 amide bonds. The summed E-state index contributed by atoms with van der Waals surface area (Å²) in [6.45, 7) is 2.33. The van der Waals surface area contributed by atoms with E-state index in [1.54, 1.807) is 6.92 Å². The fourth-order valence-corrected chi connectivity index (χ4v) is 1.37. The summed E-state index contributed by atoms with van der Waals surface area (Å²) in [7, 11) is 0. The van der Waals surface area contributed by atoms with E-state index in [1.807, 2.05) is 0 Å². The summed E-state index contributed by atoms with van der Waals surface area (Å²) in [5.41, 5.74) is 0.369. The molecule has 0 aromatic carbocycles. The predicted molar refractivity (Wildman–Crippen MR) is 59.8 cm³/mol. The molecule has 0 radical (unpaired) electrons. The summed E-state index contributed by atoms with van der Waals surface area (Å²) in [5.74, 6) is 0.601. The van der Waals surface area contributed by atoms with Gasteiger partial charge < -0.3 is 5.32 Å². The Kier molecular flexibility index (Phi) is 5.32. The van der Waals surface area contributed by atoms with Crippen LogP contribution in [0.15, 0.2) is 6.33 Å². The zero-order valence-corrected chi connectivity index (χ0v) is 9.52. The molecule has 0 fully saturated rings. The molecular formula is C10H15ClFN3. The Balaban J connectivity index is 2.34. The molecule has 3 nitrogen and oxygen atoms in total. The first-order valence-electron chi connectivity index (χ1n) is 5.02. The lowest BCUT2D eigenvalue weighted by molar-refractivity contribution is 0.603. The Morgan fingerprint density at radius 3 is 2.87 bits per heavy atom. The number of unbranched alkanes of at least 4 members (excludes halogenated alkanes) is 2. The maximum absolute atomic E-state index is 13.4. The normalized spacial score (nSPS) is 10.3. The summed E-state index contributed by atoms with van der Waals surface area (Å²) in [5, 5.41) is 2.94. The van der Waals surface area contributed by atoms with E-state index in [9.17, 15) is 4.39 Å². The van der Waals surface area contributed by atoms with E-state index in [2.05, 4.69) is 15.3 Å². The third-order valence-electron chi connectivity index (χ3n) is 2.07. The molecular weight excluding hydrogens is 217 g/mol. The third kappa shape index (κ3) is 4.00. The minimum atomic E-state index is -0.366. The minimum Gasteiger partial charge on any atom is -0.368 e. The molecule has 0 aliphatic heterocycles.